The third kappa shape index (κ3) is 5.30. The van der Waals surface area contributed by atoms with Crippen molar-refractivity contribution < 1.29 is 32.5 Å². The minimum absolute atomic E-state index is 0.0394. The summed E-state index contributed by atoms with van der Waals surface area (Å²) >= 11 is 0. The molecule has 0 unspecified atom stereocenters. The van der Waals surface area contributed by atoms with Crippen LogP contribution in [0, 0.1) is 0 Å². The summed E-state index contributed by atoms with van der Waals surface area (Å²) in [4.78, 5) is 12.0. The molecular formula is C18H18F2N2O5. The Labute approximate surface area is 154 Å². The van der Waals surface area contributed by atoms with Gasteiger partial charge in [0.15, 0.2) is 11.5 Å². The molecule has 0 saturated carbocycles. The summed E-state index contributed by atoms with van der Waals surface area (Å²) in [7, 11) is 4.14. The number of hydrogen-bond acceptors (Lipinski definition) is 6. The Morgan fingerprint density at radius 3 is 2.11 bits per heavy atom. The van der Waals surface area contributed by atoms with Crippen molar-refractivity contribution in [1.29, 1.82) is 0 Å². The van der Waals surface area contributed by atoms with Gasteiger partial charge in [-0.25, -0.2) is 5.43 Å². The van der Waals surface area contributed by atoms with E-state index in [-0.39, 0.29) is 17.2 Å². The molecular weight excluding hydrogens is 362 g/mol. The monoisotopic (exact) mass is 380 g/mol. The molecule has 2 aromatic carbocycles. The fourth-order valence-corrected chi connectivity index (χ4v) is 2.15. The van der Waals surface area contributed by atoms with Crippen molar-refractivity contribution in [2.24, 2.45) is 5.10 Å². The van der Waals surface area contributed by atoms with Gasteiger partial charge in [-0.3, -0.25) is 4.79 Å². The van der Waals surface area contributed by atoms with Gasteiger partial charge < -0.3 is 18.9 Å². The number of hydrazone groups is 1. The standard InChI is InChI=1S/C18H18F2N2O5/c1-24-13-6-4-12(5-7-13)17(23)22-21-10-11-8-14(25-2)16(27-18(19)20)15(9-11)26-3/h4-10,18H,1-3H3,(H,22,23)/b21-10-. The van der Waals surface area contributed by atoms with Gasteiger partial charge in [0.2, 0.25) is 5.75 Å². The number of halogens is 2. The molecule has 0 saturated heterocycles. The summed E-state index contributed by atoms with van der Waals surface area (Å²) in [5.41, 5.74) is 3.20. The summed E-state index contributed by atoms with van der Waals surface area (Å²) in [5.74, 6) is 0.0513. The second-order valence-corrected chi connectivity index (χ2v) is 5.06. The van der Waals surface area contributed by atoms with Crippen LogP contribution < -0.4 is 24.4 Å². The number of rotatable bonds is 8. The van der Waals surface area contributed by atoms with E-state index in [1.54, 1.807) is 24.3 Å². The maximum Gasteiger partial charge on any atom is 0.387 e. The molecule has 1 N–H and O–H groups in total. The van der Waals surface area contributed by atoms with E-state index >= 15 is 0 Å². The smallest absolute Gasteiger partial charge is 0.387 e. The molecule has 0 radical (unpaired) electrons. The SMILES string of the molecule is COc1ccc(C(=O)N/N=C\c2cc(OC)c(OC(F)F)c(OC)c2)cc1. The fraction of sp³-hybridized carbons (Fsp3) is 0.222. The van der Waals surface area contributed by atoms with E-state index in [9.17, 15) is 13.6 Å². The van der Waals surface area contributed by atoms with Crippen molar-refractivity contribution >= 4 is 12.1 Å². The number of carbonyl (C=O) groups is 1. The van der Waals surface area contributed by atoms with Crippen LogP contribution in [0.4, 0.5) is 8.78 Å². The zero-order chi connectivity index (χ0) is 19.8. The van der Waals surface area contributed by atoms with Crippen molar-refractivity contribution in [2.45, 2.75) is 6.61 Å². The van der Waals surface area contributed by atoms with Crippen LogP contribution >= 0.6 is 0 Å². The fourth-order valence-electron chi connectivity index (χ4n) is 2.15. The van der Waals surface area contributed by atoms with Crippen LogP contribution in [0.3, 0.4) is 0 Å². The van der Waals surface area contributed by atoms with E-state index in [1.807, 2.05) is 0 Å². The first-order chi connectivity index (χ1) is 13.0. The first-order valence-corrected chi connectivity index (χ1v) is 7.66. The maximum atomic E-state index is 12.5. The number of alkyl halides is 2. The minimum Gasteiger partial charge on any atom is -0.497 e. The van der Waals surface area contributed by atoms with Crippen LogP contribution in [-0.4, -0.2) is 40.1 Å². The molecule has 7 nitrogen and oxygen atoms in total. The zero-order valence-electron chi connectivity index (χ0n) is 14.9. The Morgan fingerprint density at radius 1 is 1.04 bits per heavy atom. The predicted molar refractivity (Wildman–Crippen MR) is 94.2 cm³/mol. The van der Waals surface area contributed by atoms with Gasteiger partial charge in [-0.2, -0.15) is 13.9 Å². The first kappa shape index (κ1) is 20.0. The van der Waals surface area contributed by atoms with Gasteiger partial charge in [0.25, 0.3) is 5.91 Å². The number of amides is 1. The number of nitrogens with zero attached hydrogens (tertiary/aromatic N) is 1. The normalized spacial score (nSPS) is 10.7. The van der Waals surface area contributed by atoms with Gasteiger partial charge >= 0.3 is 6.61 Å². The molecule has 2 rings (SSSR count). The molecule has 0 atom stereocenters. The second-order valence-electron chi connectivity index (χ2n) is 5.06. The lowest BCUT2D eigenvalue weighted by Gasteiger charge is -2.14. The van der Waals surface area contributed by atoms with Crippen LogP contribution in [0.25, 0.3) is 0 Å². The van der Waals surface area contributed by atoms with Crippen molar-refractivity contribution in [3.8, 4) is 23.0 Å². The van der Waals surface area contributed by atoms with Crippen molar-refractivity contribution in [2.75, 3.05) is 21.3 Å². The molecule has 0 aliphatic rings. The molecule has 0 spiro atoms. The Morgan fingerprint density at radius 2 is 1.63 bits per heavy atom. The summed E-state index contributed by atoms with van der Waals surface area (Å²) in [6.45, 7) is -3.03. The van der Waals surface area contributed by atoms with Gasteiger partial charge in [0, 0.05) is 11.1 Å². The number of carbonyl (C=O) groups excluding carboxylic acids is 1. The molecule has 0 bridgehead atoms. The van der Waals surface area contributed by atoms with E-state index in [0.717, 1.165) is 0 Å². The van der Waals surface area contributed by atoms with E-state index in [4.69, 9.17) is 14.2 Å². The Bertz CT molecular complexity index is 785. The molecule has 0 fully saturated rings. The lowest BCUT2D eigenvalue weighted by atomic mass is 10.2. The quantitative estimate of drug-likeness (QED) is 0.563. The molecule has 2 aromatic rings. The third-order valence-corrected chi connectivity index (χ3v) is 3.42. The maximum absolute atomic E-state index is 12.5. The predicted octanol–water partition coefficient (Wildman–Crippen LogP) is 3.08. The highest BCUT2D eigenvalue weighted by Gasteiger charge is 2.17. The highest BCUT2D eigenvalue weighted by Crippen LogP contribution is 2.39. The van der Waals surface area contributed by atoms with Crippen LogP contribution in [0.5, 0.6) is 23.0 Å². The van der Waals surface area contributed by atoms with E-state index in [1.165, 1.54) is 39.7 Å². The van der Waals surface area contributed by atoms with Crippen LogP contribution in [0.15, 0.2) is 41.5 Å². The molecule has 0 aliphatic carbocycles. The van der Waals surface area contributed by atoms with Crippen molar-refractivity contribution in [3.63, 3.8) is 0 Å². The molecule has 0 heterocycles. The molecule has 0 aliphatic heterocycles. The van der Waals surface area contributed by atoms with Gasteiger partial charge in [-0.15, -0.1) is 0 Å². The van der Waals surface area contributed by atoms with Crippen LogP contribution in [-0.2, 0) is 0 Å². The zero-order valence-corrected chi connectivity index (χ0v) is 14.9. The van der Waals surface area contributed by atoms with Gasteiger partial charge in [0.05, 0.1) is 27.5 Å². The van der Waals surface area contributed by atoms with E-state index in [2.05, 4.69) is 15.3 Å². The number of benzene rings is 2. The van der Waals surface area contributed by atoms with E-state index < -0.39 is 12.5 Å². The summed E-state index contributed by atoms with van der Waals surface area (Å²) in [6, 6.07) is 9.32. The Balaban J connectivity index is 2.14. The van der Waals surface area contributed by atoms with Gasteiger partial charge in [0.1, 0.15) is 5.75 Å². The van der Waals surface area contributed by atoms with Gasteiger partial charge in [-0.05, 0) is 36.4 Å². The Hall–Kier alpha value is -3.36. The highest BCUT2D eigenvalue weighted by molar-refractivity contribution is 5.95. The second kappa shape index (κ2) is 9.37. The molecule has 1 amide bonds. The third-order valence-electron chi connectivity index (χ3n) is 3.42. The van der Waals surface area contributed by atoms with Crippen molar-refractivity contribution in [1.82, 2.24) is 5.43 Å². The first-order valence-electron chi connectivity index (χ1n) is 7.66. The lowest BCUT2D eigenvalue weighted by molar-refractivity contribution is -0.0526. The van der Waals surface area contributed by atoms with E-state index in [0.29, 0.717) is 16.9 Å². The molecule has 0 aromatic heterocycles. The average molecular weight is 380 g/mol. The summed E-state index contributed by atoms with van der Waals surface area (Å²) < 4.78 is 44.6. The number of hydrogen-bond donors (Lipinski definition) is 1. The summed E-state index contributed by atoms with van der Waals surface area (Å²) in [6.07, 6.45) is 1.32. The Kier molecular flexibility index (Phi) is 6.93. The number of ether oxygens (including phenoxy) is 4. The molecule has 144 valence electrons. The number of nitrogens with one attached hydrogen (secondary N) is 1. The largest absolute Gasteiger partial charge is 0.497 e. The van der Waals surface area contributed by atoms with Gasteiger partial charge in [-0.1, -0.05) is 0 Å². The lowest BCUT2D eigenvalue weighted by Crippen LogP contribution is -2.17. The molecule has 27 heavy (non-hydrogen) atoms. The van der Waals surface area contributed by atoms with Crippen molar-refractivity contribution in [3.05, 3.63) is 47.5 Å². The van der Waals surface area contributed by atoms with Crippen LogP contribution in [0.1, 0.15) is 15.9 Å². The number of methoxy groups -OCH3 is 3. The molecule has 9 heteroatoms. The van der Waals surface area contributed by atoms with Crippen LogP contribution in [0.2, 0.25) is 0 Å². The topological polar surface area (TPSA) is 78.4 Å². The minimum atomic E-state index is -3.03. The average Bonchev–Trinajstić information content (AvgIpc) is 2.68. The highest BCUT2D eigenvalue weighted by atomic mass is 19.3. The summed E-state index contributed by atoms with van der Waals surface area (Å²) in [5, 5.41) is 3.85.